The molecule has 0 atom stereocenters. The van der Waals surface area contributed by atoms with Gasteiger partial charge < -0.3 is 16.2 Å². The van der Waals surface area contributed by atoms with E-state index in [1.165, 1.54) is 6.42 Å². The molecule has 1 aromatic rings. The number of nitrogen functional groups attached to an aromatic ring is 1. The maximum Gasteiger partial charge on any atom is 0.250 e. The summed E-state index contributed by atoms with van der Waals surface area (Å²) in [5.74, 6) is 0.147. The van der Waals surface area contributed by atoms with E-state index >= 15 is 0 Å². The first-order valence-electron chi connectivity index (χ1n) is 5.03. The second-order valence-electron chi connectivity index (χ2n) is 3.78. The Kier molecular flexibility index (Phi) is 2.49. The number of carbonyl (C=O) groups is 1. The van der Waals surface area contributed by atoms with Crippen molar-refractivity contribution in [1.29, 1.82) is 0 Å². The molecular weight excluding hydrogens is 192 g/mol. The van der Waals surface area contributed by atoms with Gasteiger partial charge in [0.15, 0.2) is 0 Å². The Labute approximate surface area is 88.2 Å². The molecule has 0 aromatic heterocycles. The van der Waals surface area contributed by atoms with Crippen molar-refractivity contribution in [2.24, 2.45) is 5.73 Å². The first-order valence-corrected chi connectivity index (χ1v) is 5.03. The summed E-state index contributed by atoms with van der Waals surface area (Å²) in [5.41, 5.74) is 11.5. The van der Waals surface area contributed by atoms with Crippen molar-refractivity contribution in [1.82, 2.24) is 0 Å². The van der Waals surface area contributed by atoms with Gasteiger partial charge in [0.25, 0.3) is 5.91 Å². The van der Waals surface area contributed by atoms with Gasteiger partial charge in [0.05, 0.1) is 11.7 Å². The third-order valence-corrected chi connectivity index (χ3v) is 2.65. The van der Waals surface area contributed by atoms with E-state index in [0.29, 0.717) is 17.0 Å². The molecule has 1 aliphatic carbocycles. The Hall–Kier alpha value is -1.71. The van der Waals surface area contributed by atoms with Gasteiger partial charge in [-0.1, -0.05) is 0 Å². The van der Waals surface area contributed by atoms with E-state index < -0.39 is 5.91 Å². The zero-order valence-corrected chi connectivity index (χ0v) is 8.40. The number of benzene rings is 1. The summed E-state index contributed by atoms with van der Waals surface area (Å²) >= 11 is 0. The second-order valence-corrected chi connectivity index (χ2v) is 3.78. The van der Waals surface area contributed by atoms with Crippen molar-refractivity contribution in [3.05, 3.63) is 23.8 Å². The monoisotopic (exact) mass is 206 g/mol. The lowest BCUT2D eigenvalue weighted by Gasteiger charge is -2.26. The Bertz CT molecular complexity index is 386. The number of rotatable bonds is 3. The predicted octanol–water partition coefficient (Wildman–Crippen LogP) is 1.30. The number of hydrogen-bond donors (Lipinski definition) is 2. The van der Waals surface area contributed by atoms with Gasteiger partial charge in [-0.25, -0.2) is 0 Å². The summed E-state index contributed by atoms with van der Waals surface area (Å²) < 4.78 is 5.63. The van der Waals surface area contributed by atoms with Gasteiger partial charge in [0.2, 0.25) is 0 Å². The number of nitrogens with two attached hydrogens (primary N) is 2. The zero-order valence-electron chi connectivity index (χ0n) is 8.40. The van der Waals surface area contributed by atoms with Crippen molar-refractivity contribution >= 4 is 11.6 Å². The lowest BCUT2D eigenvalue weighted by Crippen LogP contribution is -2.24. The van der Waals surface area contributed by atoms with Crippen molar-refractivity contribution < 1.29 is 9.53 Å². The molecule has 0 aliphatic heterocycles. The van der Waals surface area contributed by atoms with Gasteiger partial charge in [-0.05, 0) is 37.5 Å². The summed E-state index contributed by atoms with van der Waals surface area (Å²) in [5, 5.41) is 0. The molecular formula is C11H14N2O2. The van der Waals surface area contributed by atoms with E-state index in [0.717, 1.165) is 12.8 Å². The van der Waals surface area contributed by atoms with Crippen LogP contribution in [0.1, 0.15) is 29.6 Å². The molecule has 0 heterocycles. The summed E-state index contributed by atoms with van der Waals surface area (Å²) in [6, 6.07) is 5.02. The molecule has 4 heteroatoms. The van der Waals surface area contributed by atoms with Crippen LogP contribution < -0.4 is 16.2 Å². The highest BCUT2D eigenvalue weighted by molar-refractivity contribution is 5.98. The van der Waals surface area contributed by atoms with Crippen LogP contribution in [0.25, 0.3) is 0 Å². The average molecular weight is 206 g/mol. The Morgan fingerprint density at radius 2 is 2.13 bits per heavy atom. The number of hydrogen-bond acceptors (Lipinski definition) is 3. The number of ether oxygens (including phenoxy) is 1. The standard InChI is InChI=1S/C11H14N2O2/c12-10-5-4-8(6-9(10)11(13)14)15-7-2-1-3-7/h4-7H,1-3,12H2,(H2,13,14). The third-order valence-electron chi connectivity index (χ3n) is 2.65. The fourth-order valence-electron chi connectivity index (χ4n) is 1.50. The third kappa shape index (κ3) is 2.03. The average Bonchev–Trinajstić information content (AvgIpc) is 2.13. The predicted molar refractivity (Wildman–Crippen MR) is 57.6 cm³/mol. The van der Waals surface area contributed by atoms with E-state index in [4.69, 9.17) is 16.2 Å². The minimum Gasteiger partial charge on any atom is -0.490 e. The summed E-state index contributed by atoms with van der Waals surface area (Å²) in [6.45, 7) is 0. The van der Waals surface area contributed by atoms with Gasteiger partial charge in [0, 0.05) is 5.69 Å². The van der Waals surface area contributed by atoms with Crippen molar-refractivity contribution in [3.8, 4) is 5.75 Å². The summed E-state index contributed by atoms with van der Waals surface area (Å²) in [6.07, 6.45) is 3.66. The highest BCUT2D eigenvalue weighted by atomic mass is 16.5. The molecule has 0 saturated heterocycles. The number of carbonyl (C=O) groups excluding carboxylic acids is 1. The molecule has 1 aliphatic rings. The van der Waals surface area contributed by atoms with Crippen LogP contribution in [0.15, 0.2) is 18.2 Å². The lowest BCUT2D eigenvalue weighted by atomic mass is 9.96. The molecule has 0 spiro atoms. The van der Waals surface area contributed by atoms with Gasteiger partial charge in [0.1, 0.15) is 5.75 Å². The molecule has 4 nitrogen and oxygen atoms in total. The Morgan fingerprint density at radius 1 is 1.40 bits per heavy atom. The Morgan fingerprint density at radius 3 is 2.67 bits per heavy atom. The summed E-state index contributed by atoms with van der Waals surface area (Å²) in [7, 11) is 0. The molecule has 0 unspecified atom stereocenters. The van der Waals surface area contributed by atoms with Crippen molar-refractivity contribution in [2.45, 2.75) is 25.4 Å². The van der Waals surface area contributed by atoms with Crippen LogP contribution in [0.2, 0.25) is 0 Å². The Balaban J connectivity index is 2.17. The van der Waals surface area contributed by atoms with Gasteiger partial charge >= 0.3 is 0 Å². The smallest absolute Gasteiger partial charge is 0.250 e. The lowest BCUT2D eigenvalue weighted by molar-refractivity contribution is 0.0997. The van der Waals surface area contributed by atoms with E-state index in [2.05, 4.69) is 0 Å². The number of anilines is 1. The molecule has 1 fully saturated rings. The SMILES string of the molecule is NC(=O)c1cc(OC2CCC2)ccc1N. The molecule has 0 bridgehead atoms. The maximum absolute atomic E-state index is 11.0. The first-order chi connectivity index (χ1) is 7.16. The minimum atomic E-state index is -0.522. The topological polar surface area (TPSA) is 78.3 Å². The van der Waals surface area contributed by atoms with Crippen LogP contribution in [-0.2, 0) is 0 Å². The van der Waals surface area contributed by atoms with Crippen molar-refractivity contribution in [2.75, 3.05) is 5.73 Å². The zero-order chi connectivity index (χ0) is 10.8. The minimum absolute atomic E-state index is 0.286. The normalized spacial score (nSPS) is 15.7. The number of amides is 1. The quantitative estimate of drug-likeness (QED) is 0.731. The molecule has 1 amide bonds. The maximum atomic E-state index is 11.0. The second kappa shape index (κ2) is 3.81. The van der Waals surface area contributed by atoms with Crippen LogP contribution in [0.5, 0.6) is 5.75 Å². The van der Waals surface area contributed by atoms with E-state index in [9.17, 15) is 4.79 Å². The van der Waals surface area contributed by atoms with Gasteiger partial charge in [-0.15, -0.1) is 0 Å². The van der Waals surface area contributed by atoms with Gasteiger partial charge in [-0.2, -0.15) is 0 Å². The molecule has 4 N–H and O–H groups in total. The highest BCUT2D eigenvalue weighted by Crippen LogP contribution is 2.27. The van der Waals surface area contributed by atoms with Crippen LogP contribution in [-0.4, -0.2) is 12.0 Å². The van der Waals surface area contributed by atoms with Crippen molar-refractivity contribution in [3.63, 3.8) is 0 Å². The fraction of sp³-hybridized carbons (Fsp3) is 0.364. The molecule has 15 heavy (non-hydrogen) atoms. The van der Waals surface area contributed by atoms with Crippen LogP contribution in [0, 0.1) is 0 Å². The van der Waals surface area contributed by atoms with E-state index in [1.54, 1.807) is 18.2 Å². The van der Waals surface area contributed by atoms with Crippen LogP contribution in [0.3, 0.4) is 0 Å². The van der Waals surface area contributed by atoms with E-state index in [-0.39, 0.29) is 6.10 Å². The first kappa shape index (κ1) is 9.83. The number of primary amides is 1. The fourth-order valence-corrected chi connectivity index (χ4v) is 1.50. The molecule has 1 saturated carbocycles. The molecule has 2 rings (SSSR count). The largest absolute Gasteiger partial charge is 0.490 e. The van der Waals surface area contributed by atoms with Crippen LogP contribution in [0.4, 0.5) is 5.69 Å². The van der Waals surface area contributed by atoms with Gasteiger partial charge in [-0.3, -0.25) is 4.79 Å². The molecule has 0 radical (unpaired) electrons. The summed E-state index contributed by atoms with van der Waals surface area (Å²) in [4.78, 5) is 11.0. The highest BCUT2D eigenvalue weighted by Gasteiger charge is 2.19. The molecule has 1 aromatic carbocycles. The van der Waals surface area contributed by atoms with E-state index in [1.807, 2.05) is 0 Å². The van der Waals surface area contributed by atoms with Crippen LogP contribution >= 0.6 is 0 Å². The molecule has 80 valence electrons.